The summed E-state index contributed by atoms with van der Waals surface area (Å²) in [5, 5.41) is 4.08. The molecule has 0 atom stereocenters. The van der Waals surface area contributed by atoms with E-state index in [4.69, 9.17) is 4.74 Å². The van der Waals surface area contributed by atoms with Gasteiger partial charge in [-0.25, -0.2) is 19.3 Å². The van der Waals surface area contributed by atoms with Crippen LogP contribution in [0.25, 0.3) is 22.2 Å². The highest BCUT2D eigenvalue weighted by atomic mass is 19.1. The van der Waals surface area contributed by atoms with E-state index in [1.54, 1.807) is 51.4 Å². The minimum absolute atomic E-state index is 0.0132. The minimum atomic E-state index is -0.642. The van der Waals surface area contributed by atoms with Gasteiger partial charge < -0.3 is 15.0 Å². The molecule has 0 saturated heterocycles. The van der Waals surface area contributed by atoms with E-state index in [1.165, 1.54) is 22.9 Å². The Bertz CT molecular complexity index is 1420. The highest BCUT2D eigenvalue weighted by molar-refractivity contribution is 5.96. The fraction of sp³-hybridized carbons (Fsp3) is 0.280. The van der Waals surface area contributed by atoms with E-state index >= 15 is 0 Å². The average molecular weight is 464 g/mol. The molecular weight excluding hydrogens is 437 g/mol. The lowest BCUT2D eigenvalue weighted by Gasteiger charge is -2.19. The maximum absolute atomic E-state index is 13.3. The van der Waals surface area contributed by atoms with Crippen LogP contribution >= 0.6 is 0 Å². The molecule has 2 N–H and O–H groups in total. The van der Waals surface area contributed by atoms with E-state index in [9.17, 15) is 14.0 Å². The van der Waals surface area contributed by atoms with Crippen molar-refractivity contribution in [1.29, 1.82) is 0 Å². The number of hydrogen-bond acceptors (Lipinski definition) is 6. The van der Waals surface area contributed by atoms with Gasteiger partial charge in [-0.2, -0.15) is 4.39 Å². The second-order valence-corrected chi connectivity index (χ2v) is 9.25. The Kier molecular flexibility index (Phi) is 5.95. The molecule has 4 aromatic rings. The molecule has 0 unspecified atom stereocenters. The highest BCUT2D eigenvalue weighted by Crippen LogP contribution is 2.31. The molecule has 4 rings (SSSR count). The number of hydrogen-bond donors (Lipinski definition) is 2. The third-order valence-corrected chi connectivity index (χ3v) is 5.13. The van der Waals surface area contributed by atoms with E-state index in [-0.39, 0.29) is 11.5 Å². The lowest BCUT2D eigenvalue weighted by Crippen LogP contribution is -2.26. The highest BCUT2D eigenvalue weighted by Gasteiger charge is 2.21. The number of pyridine rings is 3. The SMILES string of the molecule is CC(C)c1[nH]c(=O)c(-c2ccc(F)nc2)cc1Nc1ccnc2c1ccn2C(=O)OC(C)(C)C. The summed E-state index contributed by atoms with van der Waals surface area (Å²) < 4.78 is 20.1. The maximum Gasteiger partial charge on any atom is 0.420 e. The quantitative estimate of drug-likeness (QED) is 0.383. The molecule has 4 aromatic heterocycles. The summed E-state index contributed by atoms with van der Waals surface area (Å²) in [6, 6.07) is 8.01. The number of nitrogens with zero attached hydrogens (tertiary/aromatic N) is 3. The number of carbonyl (C=O) groups is 1. The fourth-order valence-electron chi connectivity index (χ4n) is 3.60. The first-order valence-corrected chi connectivity index (χ1v) is 10.9. The standard InChI is InChI=1S/C25H26FN5O3/c1-14(2)21-19(12-17(23(32)30-21)15-6-7-20(26)28-13-15)29-18-8-10-27-22-16(18)9-11-31(22)24(33)34-25(3,4)5/h6-14H,1-5H3,(H,27,29)(H,30,32). The number of H-pyrrole nitrogens is 1. The number of aromatic nitrogens is 4. The molecular formula is C25H26FN5O3. The predicted octanol–water partition coefficient (Wildman–Crippen LogP) is 5.58. The molecule has 0 spiro atoms. The molecule has 0 aliphatic rings. The molecule has 4 heterocycles. The topological polar surface area (TPSA) is 102 Å². The first kappa shape index (κ1) is 23.2. The Morgan fingerprint density at radius 2 is 1.91 bits per heavy atom. The second kappa shape index (κ2) is 8.74. The van der Waals surface area contributed by atoms with Crippen molar-refractivity contribution in [3.8, 4) is 11.1 Å². The summed E-state index contributed by atoms with van der Waals surface area (Å²) in [6.45, 7) is 9.34. The van der Waals surface area contributed by atoms with Gasteiger partial charge in [0.05, 0.1) is 16.9 Å². The van der Waals surface area contributed by atoms with Crippen LogP contribution in [0.4, 0.5) is 20.6 Å². The van der Waals surface area contributed by atoms with Crippen LogP contribution in [0.5, 0.6) is 0 Å². The largest absolute Gasteiger partial charge is 0.443 e. The van der Waals surface area contributed by atoms with Crippen molar-refractivity contribution in [1.82, 2.24) is 19.5 Å². The van der Waals surface area contributed by atoms with Crippen LogP contribution in [0.1, 0.15) is 46.2 Å². The van der Waals surface area contributed by atoms with Gasteiger partial charge in [-0.3, -0.25) is 4.79 Å². The molecule has 8 nitrogen and oxygen atoms in total. The average Bonchev–Trinajstić information content (AvgIpc) is 3.19. The third kappa shape index (κ3) is 4.68. The molecule has 0 bridgehead atoms. The molecule has 9 heteroatoms. The fourth-order valence-corrected chi connectivity index (χ4v) is 3.60. The van der Waals surface area contributed by atoms with E-state index in [0.29, 0.717) is 39.2 Å². The van der Waals surface area contributed by atoms with Crippen LogP contribution in [0.2, 0.25) is 0 Å². The predicted molar refractivity (Wildman–Crippen MR) is 129 cm³/mol. The van der Waals surface area contributed by atoms with Gasteiger partial charge in [0.2, 0.25) is 5.95 Å². The van der Waals surface area contributed by atoms with Crippen molar-refractivity contribution in [2.75, 3.05) is 5.32 Å². The van der Waals surface area contributed by atoms with Crippen LogP contribution in [-0.2, 0) is 4.74 Å². The number of fused-ring (bicyclic) bond motifs is 1. The van der Waals surface area contributed by atoms with E-state index in [0.717, 1.165) is 0 Å². The Labute approximate surface area is 195 Å². The Morgan fingerprint density at radius 3 is 2.56 bits per heavy atom. The molecule has 176 valence electrons. The van der Waals surface area contributed by atoms with Gasteiger partial charge in [0.1, 0.15) is 5.60 Å². The molecule has 0 aliphatic carbocycles. The van der Waals surface area contributed by atoms with Gasteiger partial charge in [0.15, 0.2) is 5.65 Å². The lowest BCUT2D eigenvalue weighted by molar-refractivity contribution is 0.0543. The van der Waals surface area contributed by atoms with Gasteiger partial charge in [-0.15, -0.1) is 0 Å². The van der Waals surface area contributed by atoms with Crippen LogP contribution < -0.4 is 10.9 Å². The minimum Gasteiger partial charge on any atom is -0.443 e. The van der Waals surface area contributed by atoms with Gasteiger partial charge >= 0.3 is 6.09 Å². The van der Waals surface area contributed by atoms with Crippen LogP contribution in [0.3, 0.4) is 0 Å². The molecule has 0 amide bonds. The smallest absolute Gasteiger partial charge is 0.420 e. The summed E-state index contributed by atoms with van der Waals surface area (Å²) in [6.07, 6.45) is 4.01. The van der Waals surface area contributed by atoms with Gasteiger partial charge in [-0.05, 0) is 57.0 Å². The van der Waals surface area contributed by atoms with E-state index in [1.807, 2.05) is 13.8 Å². The van der Waals surface area contributed by atoms with Crippen LogP contribution in [-0.4, -0.2) is 31.2 Å². The number of nitrogens with one attached hydrogen (secondary N) is 2. The van der Waals surface area contributed by atoms with Crippen molar-refractivity contribution < 1.29 is 13.9 Å². The molecule has 0 aromatic carbocycles. The zero-order valence-electron chi connectivity index (χ0n) is 19.6. The van der Waals surface area contributed by atoms with Crippen molar-refractivity contribution >= 4 is 28.5 Å². The van der Waals surface area contributed by atoms with E-state index < -0.39 is 17.6 Å². The first-order valence-electron chi connectivity index (χ1n) is 10.9. The van der Waals surface area contributed by atoms with Crippen LogP contribution in [0.15, 0.2) is 53.7 Å². The monoisotopic (exact) mass is 463 g/mol. The summed E-state index contributed by atoms with van der Waals surface area (Å²) in [4.78, 5) is 36.3. The number of ether oxygens (including phenoxy) is 1. The molecule has 0 fully saturated rings. The number of anilines is 2. The normalized spacial score (nSPS) is 11.7. The third-order valence-electron chi connectivity index (χ3n) is 5.13. The number of rotatable bonds is 4. The zero-order chi connectivity index (χ0) is 24.6. The molecule has 0 saturated carbocycles. The second-order valence-electron chi connectivity index (χ2n) is 9.25. The maximum atomic E-state index is 13.3. The summed E-state index contributed by atoms with van der Waals surface area (Å²) in [5.41, 5.74) is 2.44. The lowest BCUT2D eigenvalue weighted by atomic mass is 10.0. The van der Waals surface area contributed by atoms with Crippen molar-refractivity contribution in [2.24, 2.45) is 0 Å². The zero-order valence-corrected chi connectivity index (χ0v) is 19.6. The van der Waals surface area contributed by atoms with Gasteiger partial charge in [0.25, 0.3) is 5.56 Å². The number of halogens is 1. The summed E-state index contributed by atoms with van der Waals surface area (Å²) >= 11 is 0. The first-order chi connectivity index (χ1) is 16.0. The molecule has 34 heavy (non-hydrogen) atoms. The van der Waals surface area contributed by atoms with Crippen molar-refractivity contribution in [2.45, 2.75) is 46.1 Å². The van der Waals surface area contributed by atoms with Gasteiger partial charge in [-0.1, -0.05) is 13.8 Å². The van der Waals surface area contributed by atoms with Crippen LogP contribution in [0, 0.1) is 5.95 Å². The Morgan fingerprint density at radius 1 is 1.15 bits per heavy atom. The number of carbonyl (C=O) groups excluding carboxylic acids is 1. The van der Waals surface area contributed by atoms with E-state index in [2.05, 4.69) is 20.3 Å². The van der Waals surface area contributed by atoms with Gasteiger partial charge in [0, 0.05) is 35.2 Å². The van der Waals surface area contributed by atoms with Crippen molar-refractivity contribution in [3.63, 3.8) is 0 Å². The Hall–Kier alpha value is -4.01. The summed E-state index contributed by atoms with van der Waals surface area (Å²) in [7, 11) is 0. The number of aromatic amines is 1. The Balaban J connectivity index is 1.78. The molecule has 0 aliphatic heterocycles. The summed E-state index contributed by atoms with van der Waals surface area (Å²) in [5.74, 6) is -0.606. The molecule has 0 radical (unpaired) electrons. The van der Waals surface area contributed by atoms with Crippen molar-refractivity contribution in [3.05, 3.63) is 70.9 Å².